The molecule has 2 aromatic heterocycles. The smallest absolute Gasteiger partial charge is 0.400 e. The summed E-state index contributed by atoms with van der Waals surface area (Å²) in [6.07, 6.45) is 0. The zero-order chi connectivity index (χ0) is 19.1. The van der Waals surface area contributed by atoms with Crippen LogP contribution < -0.4 is 15.2 Å². The molecule has 0 saturated carbocycles. The van der Waals surface area contributed by atoms with Crippen LogP contribution in [0.5, 0.6) is 11.5 Å². The number of hydrogen-bond acceptors (Lipinski definition) is 7. The Labute approximate surface area is 159 Å². The molecule has 0 unspecified atom stereocenters. The highest BCUT2D eigenvalue weighted by Crippen LogP contribution is 2.19. The standard InChI is InChI=1S/C19H18N2O5S/c1-2-23-13-5-7-14(8-6-13)24-12-15-9-10-16(25-15)19(22)26-21-18(20)17-4-3-11-27-17/h3-11H,2,12H2,1H3,(H2,20,21). The highest BCUT2D eigenvalue weighted by molar-refractivity contribution is 7.12. The highest BCUT2D eigenvalue weighted by Gasteiger charge is 2.14. The predicted octanol–water partition coefficient (Wildman–Crippen LogP) is 3.80. The van der Waals surface area contributed by atoms with Crippen molar-refractivity contribution < 1.29 is 23.5 Å². The summed E-state index contributed by atoms with van der Waals surface area (Å²) >= 11 is 1.40. The van der Waals surface area contributed by atoms with Gasteiger partial charge in [-0.15, -0.1) is 11.3 Å². The van der Waals surface area contributed by atoms with Crippen LogP contribution in [0.3, 0.4) is 0 Å². The Bertz CT molecular complexity index is 901. The number of thiophene rings is 1. The van der Waals surface area contributed by atoms with Gasteiger partial charge in [0.2, 0.25) is 5.76 Å². The molecule has 0 aliphatic rings. The lowest BCUT2D eigenvalue weighted by atomic mass is 10.3. The number of ether oxygens (including phenoxy) is 2. The van der Waals surface area contributed by atoms with E-state index in [9.17, 15) is 4.79 Å². The summed E-state index contributed by atoms with van der Waals surface area (Å²) in [5.41, 5.74) is 5.74. The minimum atomic E-state index is -0.734. The number of hydrogen-bond donors (Lipinski definition) is 1. The van der Waals surface area contributed by atoms with E-state index in [1.165, 1.54) is 17.4 Å². The number of amidine groups is 1. The highest BCUT2D eigenvalue weighted by atomic mass is 32.1. The summed E-state index contributed by atoms with van der Waals surface area (Å²) in [5.74, 6) is 1.32. The van der Waals surface area contributed by atoms with E-state index in [0.717, 1.165) is 5.75 Å². The molecule has 0 radical (unpaired) electrons. The van der Waals surface area contributed by atoms with Gasteiger partial charge in [-0.1, -0.05) is 11.2 Å². The van der Waals surface area contributed by atoms with E-state index in [1.54, 1.807) is 24.3 Å². The monoisotopic (exact) mass is 386 g/mol. The third-order valence-electron chi connectivity index (χ3n) is 3.38. The number of carbonyl (C=O) groups is 1. The van der Waals surface area contributed by atoms with Crippen LogP contribution in [-0.4, -0.2) is 18.4 Å². The predicted molar refractivity (Wildman–Crippen MR) is 101 cm³/mol. The van der Waals surface area contributed by atoms with Gasteiger partial charge in [-0.25, -0.2) is 4.79 Å². The average molecular weight is 386 g/mol. The molecule has 140 valence electrons. The summed E-state index contributed by atoms with van der Waals surface area (Å²) in [4.78, 5) is 17.5. The molecule has 0 aliphatic heterocycles. The van der Waals surface area contributed by atoms with Gasteiger partial charge in [-0.05, 0) is 54.8 Å². The van der Waals surface area contributed by atoms with Crippen molar-refractivity contribution in [2.24, 2.45) is 10.9 Å². The Morgan fingerprint density at radius 3 is 2.52 bits per heavy atom. The van der Waals surface area contributed by atoms with Crippen molar-refractivity contribution in [1.29, 1.82) is 0 Å². The molecule has 0 atom stereocenters. The van der Waals surface area contributed by atoms with Crippen LogP contribution in [0.4, 0.5) is 0 Å². The van der Waals surface area contributed by atoms with Gasteiger partial charge in [0.15, 0.2) is 5.84 Å². The number of nitrogens with two attached hydrogens (primary N) is 1. The van der Waals surface area contributed by atoms with Crippen LogP contribution >= 0.6 is 11.3 Å². The molecular weight excluding hydrogens is 368 g/mol. The quantitative estimate of drug-likeness (QED) is 0.274. The maximum Gasteiger partial charge on any atom is 0.400 e. The number of nitrogens with zero attached hydrogens (tertiary/aromatic N) is 1. The molecule has 0 bridgehead atoms. The maximum atomic E-state index is 12.0. The summed E-state index contributed by atoms with van der Waals surface area (Å²) in [7, 11) is 0. The molecule has 0 aliphatic carbocycles. The van der Waals surface area contributed by atoms with Crippen molar-refractivity contribution in [3.8, 4) is 11.5 Å². The van der Waals surface area contributed by atoms with E-state index in [2.05, 4.69) is 5.16 Å². The van der Waals surface area contributed by atoms with Gasteiger partial charge < -0.3 is 24.5 Å². The molecule has 7 nitrogen and oxygen atoms in total. The largest absolute Gasteiger partial charge is 0.494 e. The molecule has 3 aromatic rings. The van der Waals surface area contributed by atoms with Gasteiger partial charge in [0.25, 0.3) is 0 Å². The summed E-state index contributed by atoms with van der Waals surface area (Å²) < 4.78 is 16.4. The van der Waals surface area contributed by atoms with E-state index < -0.39 is 5.97 Å². The Balaban J connectivity index is 1.53. The van der Waals surface area contributed by atoms with Gasteiger partial charge >= 0.3 is 5.97 Å². The second kappa shape index (κ2) is 8.91. The number of carbonyl (C=O) groups excluding carboxylic acids is 1. The van der Waals surface area contributed by atoms with Crippen molar-refractivity contribution in [2.75, 3.05) is 6.61 Å². The molecular formula is C19H18N2O5S. The first-order valence-corrected chi connectivity index (χ1v) is 9.06. The fourth-order valence-corrected chi connectivity index (χ4v) is 2.74. The van der Waals surface area contributed by atoms with Gasteiger partial charge in [-0.2, -0.15) is 0 Å². The Morgan fingerprint density at radius 2 is 1.85 bits per heavy atom. The van der Waals surface area contributed by atoms with E-state index in [-0.39, 0.29) is 18.2 Å². The van der Waals surface area contributed by atoms with Gasteiger partial charge in [0, 0.05) is 0 Å². The van der Waals surface area contributed by atoms with Crippen LogP contribution in [0.15, 0.2) is 63.5 Å². The normalized spacial score (nSPS) is 11.2. The molecule has 0 spiro atoms. The molecule has 2 heterocycles. The molecule has 1 aromatic carbocycles. The summed E-state index contributed by atoms with van der Waals surface area (Å²) in [6, 6.07) is 14.0. The lowest BCUT2D eigenvalue weighted by Crippen LogP contribution is -2.13. The molecule has 0 fully saturated rings. The lowest BCUT2D eigenvalue weighted by molar-refractivity contribution is 0.0475. The third kappa shape index (κ3) is 5.11. The number of benzene rings is 1. The van der Waals surface area contributed by atoms with E-state index in [0.29, 0.717) is 23.0 Å². The zero-order valence-corrected chi connectivity index (χ0v) is 15.4. The molecule has 8 heteroatoms. The fraction of sp³-hybridized carbons (Fsp3) is 0.158. The zero-order valence-electron chi connectivity index (χ0n) is 14.6. The Morgan fingerprint density at radius 1 is 1.11 bits per heavy atom. The first-order valence-electron chi connectivity index (χ1n) is 8.18. The second-order valence-electron chi connectivity index (χ2n) is 5.29. The van der Waals surface area contributed by atoms with Crippen molar-refractivity contribution in [3.63, 3.8) is 0 Å². The maximum absolute atomic E-state index is 12.0. The summed E-state index contributed by atoms with van der Waals surface area (Å²) in [6.45, 7) is 2.70. The van der Waals surface area contributed by atoms with Crippen molar-refractivity contribution in [3.05, 3.63) is 70.3 Å². The first-order chi connectivity index (χ1) is 13.2. The number of rotatable bonds is 8. The number of furan rings is 1. The van der Waals surface area contributed by atoms with Gasteiger partial charge in [0.1, 0.15) is 23.9 Å². The van der Waals surface area contributed by atoms with Gasteiger partial charge in [-0.3, -0.25) is 0 Å². The van der Waals surface area contributed by atoms with Crippen molar-refractivity contribution >= 4 is 23.1 Å². The minimum absolute atomic E-state index is 0.0167. The number of oxime groups is 1. The summed E-state index contributed by atoms with van der Waals surface area (Å²) in [5, 5.41) is 5.47. The van der Waals surface area contributed by atoms with E-state index in [4.69, 9.17) is 24.5 Å². The molecule has 2 N–H and O–H groups in total. The van der Waals surface area contributed by atoms with Crippen LogP contribution in [0.2, 0.25) is 0 Å². The Kier molecular flexibility index (Phi) is 6.11. The molecule has 3 rings (SSSR count). The van der Waals surface area contributed by atoms with Gasteiger partial charge in [0.05, 0.1) is 11.5 Å². The van der Waals surface area contributed by atoms with Crippen LogP contribution in [0, 0.1) is 0 Å². The fourth-order valence-electron chi connectivity index (χ4n) is 2.12. The van der Waals surface area contributed by atoms with Crippen LogP contribution in [0.25, 0.3) is 0 Å². The minimum Gasteiger partial charge on any atom is -0.494 e. The Hall–Kier alpha value is -3.26. The third-order valence-corrected chi connectivity index (χ3v) is 4.27. The average Bonchev–Trinajstić information content (AvgIpc) is 3.37. The van der Waals surface area contributed by atoms with Crippen LogP contribution in [-0.2, 0) is 11.4 Å². The first kappa shape index (κ1) is 18.5. The second-order valence-corrected chi connectivity index (χ2v) is 6.24. The molecule has 27 heavy (non-hydrogen) atoms. The van der Waals surface area contributed by atoms with E-state index in [1.807, 2.05) is 30.5 Å². The van der Waals surface area contributed by atoms with Crippen molar-refractivity contribution in [2.45, 2.75) is 13.5 Å². The van der Waals surface area contributed by atoms with Crippen LogP contribution in [0.1, 0.15) is 28.1 Å². The molecule has 0 amide bonds. The SMILES string of the molecule is CCOc1ccc(OCc2ccc(C(=O)O/N=C(\N)c3cccs3)o2)cc1. The lowest BCUT2D eigenvalue weighted by Gasteiger charge is -2.06. The topological polar surface area (TPSA) is 96.3 Å². The van der Waals surface area contributed by atoms with E-state index >= 15 is 0 Å². The van der Waals surface area contributed by atoms with Crippen molar-refractivity contribution in [1.82, 2.24) is 0 Å². The molecule has 0 saturated heterocycles.